The summed E-state index contributed by atoms with van der Waals surface area (Å²) in [5.41, 5.74) is -0.963. The Morgan fingerprint density at radius 1 is 1.16 bits per heavy atom. The van der Waals surface area contributed by atoms with Gasteiger partial charge >= 0.3 is 13.3 Å². The minimum Gasteiger partial charge on any atom is -0.411 e. The van der Waals surface area contributed by atoms with Gasteiger partial charge in [-0.25, -0.2) is 4.79 Å². The van der Waals surface area contributed by atoms with E-state index in [1.807, 2.05) is 0 Å². The van der Waals surface area contributed by atoms with E-state index in [2.05, 4.69) is 38.8 Å². The van der Waals surface area contributed by atoms with Gasteiger partial charge in [-0.3, -0.25) is 18.9 Å². The number of nitrogens with one attached hydrogen (secondary N) is 1. The first-order valence-corrected chi connectivity index (χ1v) is 14.7. The van der Waals surface area contributed by atoms with E-state index in [-0.39, 0.29) is 23.1 Å². The van der Waals surface area contributed by atoms with Crippen LogP contribution in [-0.4, -0.2) is 51.4 Å². The average molecular weight is 475 g/mol. The monoisotopic (exact) mass is 474 g/mol. The van der Waals surface area contributed by atoms with Gasteiger partial charge in [0.2, 0.25) is 0 Å². The van der Waals surface area contributed by atoms with Crippen LogP contribution in [0.15, 0.2) is 33.7 Å². The number of H-pyrrole nitrogens is 1. The number of hydrogen-bond donors (Lipinski definition) is 1. The van der Waals surface area contributed by atoms with Gasteiger partial charge in [0.25, 0.3) is 5.56 Å². The highest BCUT2D eigenvalue weighted by Gasteiger charge is 2.49. The Morgan fingerprint density at radius 3 is 2.26 bits per heavy atom. The summed E-state index contributed by atoms with van der Waals surface area (Å²) in [6.45, 7) is 10.7. The highest BCUT2D eigenvalue weighted by Crippen LogP contribution is 2.50. The lowest BCUT2D eigenvalue weighted by Crippen LogP contribution is -2.48. The molecule has 1 heterocycles. The first-order valence-electron chi connectivity index (χ1n) is 10.2. The molecule has 0 saturated heterocycles. The van der Waals surface area contributed by atoms with Gasteiger partial charge in [-0.1, -0.05) is 26.8 Å². The Morgan fingerprint density at radius 2 is 1.77 bits per heavy atom. The molecule has 0 aromatic carbocycles. The van der Waals surface area contributed by atoms with Gasteiger partial charge in [-0.15, -0.1) is 0 Å². The quantitative estimate of drug-likeness (QED) is 0.454. The van der Waals surface area contributed by atoms with Crippen molar-refractivity contribution < 1.29 is 22.8 Å². The molecule has 0 spiro atoms. The van der Waals surface area contributed by atoms with Crippen molar-refractivity contribution >= 4 is 15.9 Å². The molecule has 4 atom stereocenters. The molecule has 1 aromatic heterocycles. The summed E-state index contributed by atoms with van der Waals surface area (Å²) in [6.07, 6.45) is 2.91. The van der Waals surface area contributed by atoms with E-state index in [1.165, 1.54) is 36.9 Å². The molecule has 11 heteroatoms. The van der Waals surface area contributed by atoms with Crippen LogP contribution in [0.25, 0.3) is 0 Å². The van der Waals surface area contributed by atoms with Crippen molar-refractivity contribution in [3.05, 3.63) is 45.0 Å². The first-order chi connectivity index (χ1) is 14.3. The SMILES string of the molecule is CO[C@@H]1C(O[Si](C)(C)C(C)(C)C)[C@@H](/C=C/P(=O)(OC)OC)C[C@H]1n1ccc(=O)[nH]c1=O. The van der Waals surface area contributed by atoms with Crippen molar-refractivity contribution in [2.45, 2.75) is 63.6 Å². The predicted molar refractivity (Wildman–Crippen MR) is 122 cm³/mol. The molecular formula is C20H35N2O7PSi. The average Bonchev–Trinajstić information content (AvgIpc) is 3.01. The zero-order valence-electron chi connectivity index (χ0n) is 19.6. The molecule has 1 fully saturated rings. The molecule has 1 saturated carbocycles. The number of rotatable bonds is 8. The van der Waals surface area contributed by atoms with Gasteiger partial charge < -0.3 is 18.2 Å². The van der Waals surface area contributed by atoms with Crippen molar-refractivity contribution in [2.75, 3.05) is 21.3 Å². The molecule has 9 nitrogen and oxygen atoms in total. The van der Waals surface area contributed by atoms with Crippen LogP contribution in [0.1, 0.15) is 33.2 Å². The fraction of sp³-hybridized carbons (Fsp3) is 0.700. The molecule has 1 N–H and O–H groups in total. The Bertz CT molecular complexity index is 942. The molecule has 2 rings (SSSR count). The Hall–Kier alpha value is -1.29. The minimum atomic E-state index is -3.36. The third-order valence-electron chi connectivity index (χ3n) is 6.38. The molecule has 0 radical (unpaired) electrons. The Labute approximate surface area is 184 Å². The smallest absolute Gasteiger partial charge is 0.353 e. The van der Waals surface area contributed by atoms with Gasteiger partial charge in [0, 0.05) is 45.3 Å². The normalized spacial score (nSPS) is 25.4. The molecule has 1 aliphatic rings. The highest BCUT2D eigenvalue weighted by atomic mass is 31.2. The van der Waals surface area contributed by atoms with Crippen LogP contribution >= 0.6 is 7.60 Å². The molecule has 176 valence electrons. The number of methoxy groups -OCH3 is 1. The third-order valence-corrected chi connectivity index (χ3v) is 12.4. The van der Waals surface area contributed by atoms with E-state index in [1.54, 1.807) is 13.2 Å². The summed E-state index contributed by atoms with van der Waals surface area (Å²) in [5, 5.41) is -0.0409. The second kappa shape index (κ2) is 9.68. The summed E-state index contributed by atoms with van der Waals surface area (Å²) in [6, 6.07) is 0.939. The van der Waals surface area contributed by atoms with Gasteiger partial charge in [-0.2, -0.15) is 0 Å². The lowest BCUT2D eigenvalue weighted by Gasteiger charge is -2.41. The Balaban J connectivity index is 2.51. The van der Waals surface area contributed by atoms with Crippen molar-refractivity contribution in [3.8, 4) is 0 Å². The van der Waals surface area contributed by atoms with Crippen LogP contribution in [0.4, 0.5) is 0 Å². The third kappa shape index (κ3) is 5.74. The van der Waals surface area contributed by atoms with Crippen LogP contribution < -0.4 is 11.2 Å². The van der Waals surface area contributed by atoms with Crippen molar-refractivity contribution in [1.82, 2.24) is 9.55 Å². The number of aromatic nitrogens is 2. The van der Waals surface area contributed by atoms with Gasteiger partial charge in [0.1, 0.15) is 6.10 Å². The van der Waals surface area contributed by atoms with Crippen molar-refractivity contribution in [2.24, 2.45) is 5.92 Å². The fourth-order valence-electron chi connectivity index (χ4n) is 3.53. The summed E-state index contributed by atoms with van der Waals surface area (Å²) in [5.74, 6) is 1.23. The summed E-state index contributed by atoms with van der Waals surface area (Å²) < 4.78 is 36.6. The van der Waals surface area contributed by atoms with Crippen LogP contribution in [0.3, 0.4) is 0 Å². The number of hydrogen-bond acceptors (Lipinski definition) is 7. The maximum atomic E-state index is 12.6. The molecule has 1 aromatic rings. The van der Waals surface area contributed by atoms with Gasteiger partial charge in [0.15, 0.2) is 8.32 Å². The maximum Gasteiger partial charge on any atom is 0.353 e. The molecule has 1 unspecified atom stereocenters. The predicted octanol–water partition coefficient (Wildman–Crippen LogP) is 3.50. The lowest BCUT2D eigenvalue weighted by atomic mass is 10.1. The Kier molecular flexibility index (Phi) is 8.11. The first kappa shape index (κ1) is 26.0. The van der Waals surface area contributed by atoms with Crippen molar-refractivity contribution in [1.29, 1.82) is 0 Å². The second-order valence-electron chi connectivity index (χ2n) is 9.27. The largest absolute Gasteiger partial charge is 0.411 e. The van der Waals surface area contributed by atoms with E-state index in [4.69, 9.17) is 18.2 Å². The zero-order chi connectivity index (χ0) is 23.6. The number of aromatic amines is 1. The highest BCUT2D eigenvalue weighted by molar-refractivity contribution is 7.57. The van der Waals surface area contributed by atoms with Crippen molar-refractivity contribution in [3.63, 3.8) is 0 Å². The second-order valence-corrected chi connectivity index (χ2v) is 16.1. The van der Waals surface area contributed by atoms with E-state index in [0.29, 0.717) is 6.42 Å². The van der Waals surface area contributed by atoms with Crippen LogP contribution in [0.5, 0.6) is 0 Å². The fourth-order valence-corrected chi connectivity index (χ4v) is 5.70. The van der Waals surface area contributed by atoms with Crippen LogP contribution in [0, 0.1) is 5.92 Å². The molecule has 0 amide bonds. The molecule has 0 aliphatic heterocycles. The van der Waals surface area contributed by atoms with E-state index < -0.39 is 33.3 Å². The summed E-state index contributed by atoms with van der Waals surface area (Å²) in [7, 11) is -1.33. The molecule has 1 aliphatic carbocycles. The van der Waals surface area contributed by atoms with E-state index in [9.17, 15) is 14.2 Å². The topological polar surface area (TPSA) is 109 Å². The van der Waals surface area contributed by atoms with E-state index in [0.717, 1.165) is 0 Å². The van der Waals surface area contributed by atoms with Gasteiger partial charge in [0.05, 0.1) is 12.1 Å². The van der Waals surface area contributed by atoms with Gasteiger partial charge in [-0.05, 0) is 24.6 Å². The maximum absolute atomic E-state index is 12.6. The number of nitrogens with zero attached hydrogens (tertiary/aromatic N) is 1. The van der Waals surface area contributed by atoms with Crippen LogP contribution in [-0.2, 0) is 22.8 Å². The molecule has 0 bridgehead atoms. The lowest BCUT2D eigenvalue weighted by molar-refractivity contribution is -0.0120. The molecule has 31 heavy (non-hydrogen) atoms. The number of ether oxygens (including phenoxy) is 1. The minimum absolute atomic E-state index is 0.0409. The summed E-state index contributed by atoms with van der Waals surface area (Å²) in [4.78, 5) is 26.3. The standard InChI is InChI=1S/C20H35N2O7PSi/c1-20(2,3)31(7,8)29-17-14(10-12-30(25,27-5)28-6)13-15(18(17)26-4)22-11-9-16(23)21-19(22)24/h9-12,14-15,17-18H,13H2,1-8H3,(H,21,23,24)/b12-10+/t14-,15+,17?,18-/m0/s1. The zero-order valence-corrected chi connectivity index (χ0v) is 21.5. The summed E-state index contributed by atoms with van der Waals surface area (Å²) >= 11 is 0. The van der Waals surface area contributed by atoms with Crippen LogP contribution in [0.2, 0.25) is 18.1 Å². The molecular weight excluding hydrogens is 439 g/mol. The van der Waals surface area contributed by atoms with E-state index >= 15 is 0 Å².